The summed E-state index contributed by atoms with van der Waals surface area (Å²) in [6.07, 6.45) is 1.11. The van der Waals surface area contributed by atoms with Crippen LogP contribution in [0, 0.1) is 0 Å². The average Bonchev–Trinajstić information content (AvgIpc) is 2.17. The normalized spacial score (nSPS) is 12.1. The smallest absolute Gasteiger partial charge is 0.326 e. The molecule has 0 aromatic rings. The molecule has 1 amide bonds. The molecule has 6 heteroatoms. The lowest BCUT2D eigenvalue weighted by Gasteiger charge is -2.13. The van der Waals surface area contributed by atoms with Crippen molar-refractivity contribution < 1.29 is 19.4 Å². The summed E-state index contributed by atoms with van der Waals surface area (Å²) in [6.45, 7) is 2.33. The number of rotatable bonds is 8. The van der Waals surface area contributed by atoms with Crippen molar-refractivity contribution in [3.63, 3.8) is 0 Å². The first-order chi connectivity index (χ1) is 7.11. The van der Waals surface area contributed by atoms with Crippen molar-refractivity contribution in [1.82, 2.24) is 5.32 Å². The average molecular weight is 218 g/mol. The third kappa shape index (κ3) is 6.87. The third-order valence-corrected chi connectivity index (χ3v) is 1.71. The lowest BCUT2D eigenvalue weighted by molar-refractivity contribution is -0.142. The van der Waals surface area contributed by atoms with E-state index in [-0.39, 0.29) is 6.61 Å². The second kappa shape index (κ2) is 8.19. The number of hydrogen-bond donors (Lipinski definition) is 3. The largest absolute Gasteiger partial charge is 0.480 e. The van der Waals surface area contributed by atoms with Crippen LogP contribution < -0.4 is 11.1 Å². The SMILES string of the molecule is CCC[C@H](NC(=O)COCCN)C(=O)O. The maximum Gasteiger partial charge on any atom is 0.326 e. The Bertz CT molecular complexity index is 208. The molecule has 6 nitrogen and oxygen atoms in total. The fraction of sp³-hybridized carbons (Fsp3) is 0.778. The Morgan fingerprint density at radius 3 is 2.67 bits per heavy atom. The van der Waals surface area contributed by atoms with Gasteiger partial charge in [0.1, 0.15) is 12.6 Å². The molecular formula is C9H18N2O4. The number of amides is 1. The predicted octanol–water partition coefficient (Wildman–Crippen LogP) is -0.669. The molecule has 0 aliphatic heterocycles. The Morgan fingerprint density at radius 2 is 2.20 bits per heavy atom. The molecule has 0 aromatic heterocycles. The summed E-state index contributed by atoms with van der Waals surface area (Å²) in [5.41, 5.74) is 5.16. The molecule has 0 aromatic carbocycles. The van der Waals surface area contributed by atoms with Crippen LogP contribution in [0.1, 0.15) is 19.8 Å². The van der Waals surface area contributed by atoms with Crippen LogP contribution in [0.15, 0.2) is 0 Å². The second-order valence-electron chi connectivity index (χ2n) is 3.09. The predicted molar refractivity (Wildman–Crippen MR) is 54.3 cm³/mol. The van der Waals surface area contributed by atoms with Gasteiger partial charge in [-0.25, -0.2) is 4.79 Å². The van der Waals surface area contributed by atoms with Crippen molar-refractivity contribution in [2.24, 2.45) is 5.73 Å². The highest BCUT2D eigenvalue weighted by atomic mass is 16.5. The van der Waals surface area contributed by atoms with Crippen LogP contribution in [0.3, 0.4) is 0 Å². The molecule has 0 spiro atoms. The molecule has 0 rings (SSSR count). The zero-order valence-corrected chi connectivity index (χ0v) is 8.86. The molecule has 88 valence electrons. The molecule has 0 heterocycles. The Labute approximate surface area is 88.8 Å². The third-order valence-electron chi connectivity index (χ3n) is 1.71. The maximum absolute atomic E-state index is 11.2. The first-order valence-corrected chi connectivity index (χ1v) is 4.91. The summed E-state index contributed by atoms with van der Waals surface area (Å²) in [5, 5.41) is 11.1. The van der Waals surface area contributed by atoms with Gasteiger partial charge in [0.05, 0.1) is 6.61 Å². The van der Waals surface area contributed by atoms with Crippen LogP contribution in [-0.2, 0) is 14.3 Å². The summed E-state index contributed by atoms with van der Waals surface area (Å²) in [6, 6.07) is -0.830. The Morgan fingerprint density at radius 1 is 1.53 bits per heavy atom. The minimum atomic E-state index is -1.02. The van der Waals surface area contributed by atoms with Gasteiger partial charge >= 0.3 is 5.97 Å². The summed E-state index contributed by atoms with van der Waals surface area (Å²) in [4.78, 5) is 21.8. The highest BCUT2D eigenvalue weighted by Crippen LogP contribution is 1.96. The standard InChI is InChI=1S/C9H18N2O4/c1-2-3-7(9(13)14)11-8(12)6-15-5-4-10/h7H,2-6,10H2,1H3,(H,11,12)(H,13,14)/t7-/m0/s1. The Hall–Kier alpha value is -1.14. The number of nitrogens with two attached hydrogens (primary N) is 1. The van der Waals surface area contributed by atoms with Gasteiger partial charge in [-0.15, -0.1) is 0 Å². The number of carbonyl (C=O) groups excluding carboxylic acids is 1. The monoisotopic (exact) mass is 218 g/mol. The topological polar surface area (TPSA) is 102 Å². The minimum absolute atomic E-state index is 0.148. The van der Waals surface area contributed by atoms with Crippen molar-refractivity contribution >= 4 is 11.9 Å². The van der Waals surface area contributed by atoms with Crippen LogP contribution >= 0.6 is 0 Å². The molecule has 0 saturated heterocycles. The number of ether oxygens (including phenoxy) is 1. The zero-order chi connectivity index (χ0) is 11.7. The van der Waals surface area contributed by atoms with Crippen LogP contribution in [0.2, 0.25) is 0 Å². The first kappa shape index (κ1) is 13.9. The van der Waals surface area contributed by atoms with Crippen molar-refractivity contribution in [2.45, 2.75) is 25.8 Å². The summed E-state index contributed by atoms with van der Waals surface area (Å²) in [5.74, 6) is -1.45. The minimum Gasteiger partial charge on any atom is -0.480 e. The molecule has 0 unspecified atom stereocenters. The molecular weight excluding hydrogens is 200 g/mol. The quantitative estimate of drug-likeness (QED) is 0.469. The lowest BCUT2D eigenvalue weighted by atomic mass is 10.2. The van der Waals surface area contributed by atoms with Gasteiger partial charge in [-0.05, 0) is 6.42 Å². The molecule has 0 bridgehead atoms. The first-order valence-electron chi connectivity index (χ1n) is 4.91. The van der Waals surface area contributed by atoms with Crippen LogP contribution in [-0.4, -0.2) is 42.8 Å². The van der Waals surface area contributed by atoms with E-state index in [1.165, 1.54) is 0 Å². The van der Waals surface area contributed by atoms with Gasteiger partial charge in [-0.1, -0.05) is 13.3 Å². The number of hydrogen-bond acceptors (Lipinski definition) is 4. The van der Waals surface area contributed by atoms with Gasteiger partial charge < -0.3 is 20.9 Å². The number of carboxylic acids is 1. The van der Waals surface area contributed by atoms with Gasteiger partial charge in [0.25, 0.3) is 0 Å². The molecule has 0 radical (unpaired) electrons. The second-order valence-corrected chi connectivity index (χ2v) is 3.09. The van der Waals surface area contributed by atoms with E-state index in [1.54, 1.807) is 0 Å². The highest BCUT2D eigenvalue weighted by Gasteiger charge is 2.18. The van der Waals surface area contributed by atoms with Crippen LogP contribution in [0.4, 0.5) is 0 Å². The fourth-order valence-electron chi connectivity index (χ4n) is 1.03. The van der Waals surface area contributed by atoms with Gasteiger partial charge in [-0.3, -0.25) is 4.79 Å². The Kier molecular flexibility index (Phi) is 7.57. The van der Waals surface area contributed by atoms with Crippen molar-refractivity contribution in [3.05, 3.63) is 0 Å². The highest BCUT2D eigenvalue weighted by molar-refractivity contribution is 5.84. The molecule has 0 saturated carbocycles. The van der Waals surface area contributed by atoms with Crippen molar-refractivity contribution in [2.75, 3.05) is 19.8 Å². The van der Waals surface area contributed by atoms with Gasteiger partial charge in [-0.2, -0.15) is 0 Å². The molecule has 1 atom stereocenters. The summed E-state index contributed by atoms with van der Waals surface area (Å²) in [7, 11) is 0. The van der Waals surface area contributed by atoms with E-state index in [9.17, 15) is 9.59 Å². The zero-order valence-electron chi connectivity index (χ0n) is 8.86. The number of carboxylic acid groups (broad SMARTS) is 1. The lowest BCUT2D eigenvalue weighted by Crippen LogP contribution is -2.42. The maximum atomic E-state index is 11.2. The fourth-order valence-corrected chi connectivity index (χ4v) is 1.03. The van der Waals surface area contributed by atoms with E-state index in [1.807, 2.05) is 6.92 Å². The van der Waals surface area contributed by atoms with E-state index in [0.717, 1.165) is 0 Å². The van der Waals surface area contributed by atoms with E-state index >= 15 is 0 Å². The van der Waals surface area contributed by atoms with E-state index in [2.05, 4.69) is 5.32 Å². The van der Waals surface area contributed by atoms with Gasteiger partial charge in [0, 0.05) is 6.54 Å². The number of aliphatic carboxylic acids is 1. The van der Waals surface area contributed by atoms with E-state index in [0.29, 0.717) is 26.0 Å². The van der Waals surface area contributed by atoms with Crippen LogP contribution in [0.5, 0.6) is 0 Å². The van der Waals surface area contributed by atoms with Crippen molar-refractivity contribution in [1.29, 1.82) is 0 Å². The molecule has 0 aliphatic carbocycles. The van der Waals surface area contributed by atoms with Crippen molar-refractivity contribution in [3.8, 4) is 0 Å². The van der Waals surface area contributed by atoms with Gasteiger partial charge in [0.15, 0.2) is 0 Å². The molecule has 4 N–H and O–H groups in total. The van der Waals surface area contributed by atoms with Crippen LogP contribution in [0.25, 0.3) is 0 Å². The summed E-state index contributed by atoms with van der Waals surface area (Å²) >= 11 is 0. The number of nitrogens with one attached hydrogen (secondary N) is 1. The molecule has 15 heavy (non-hydrogen) atoms. The van der Waals surface area contributed by atoms with E-state index in [4.69, 9.17) is 15.6 Å². The Balaban J connectivity index is 3.84. The number of carbonyl (C=O) groups is 2. The molecule has 0 aliphatic rings. The molecule has 0 fully saturated rings. The summed E-state index contributed by atoms with van der Waals surface area (Å²) < 4.78 is 4.87. The van der Waals surface area contributed by atoms with E-state index < -0.39 is 17.9 Å². The van der Waals surface area contributed by atoms with Gasteiger partial charge in [0.2, 0.25) is 5.91 Å².